The number of benzene rings is 1. The maximum atomic E-state index is 12.6. The second-order valence-electron chi connectivity index (χ2n) is 4.44. The van der Waals surface area contributed by atoms with Gasteiger partial charge < -0.3 is 4.74 Å². The lowest BCUT2D eigenvalue weighted by Crippen LogP contribution is -2.32. The molecule has 0 spiro atoms. The molecule has 118 valence electrons. The van der Waals surface area contributed by atoms with Gasteiger partial charge in [0.15, 0.2) is 0 Å². The first-order valence-electron chi connectivity index (χ1n) is 6.71. The number of unbranched alkanes of at least 4 members (excludes halogenated alkanes) is 1. The summed E-state index contributed by atoms with van der Waals surface area (Å²) in [5.41, 5.74) is -0.277. The van der Waals surface area contributed by atoms with Crippen molar-refractivity contribution < 1.29 is 18.1 Å². The molecule has 0 radical (unpaired) electrons. The number of hydrogen-bond donors (Lipinski definition) is 0. The highest BCUT2D eigenvalue weighted by molar-refractivity contribution is 7.89. The van der Waals surface area contributed by atoms with E-state index in [9.17, 15) is 18.5 Å². The van der Waals surface area contributed by atoms with Gasteiger partial charge in [0.1, 0.15) is 10.6 Å². The van der Waals surface area contributed by atoms with E-state index in [0.717, 1.165) is 18.9 Å². The Morgan fingerprint density at radius 1 is 1.33 bits per heavy atom. The molecular formula is C13H20N2O5S. The zero-order valence-corrected chi connectivity index (χ0v) is 13.2. The van der Waals surface area contributed by atoms with Gasteiger partial charge in [-0.25, -0.2) is 8.42 Å². The number of sulfonamides is 1. The maximum Gasteiger partial charge on any atom is 0.271 e. The van der Waals surface area contributed by atoms with E-state index in [2.05, 4.69) is 0 Å². The predicted molar refractivity (Wildman–Crippen MR) is 79.0 cm³/mol. The van der Waals surface area contributed by atoms with Crippen LogP contribution >= 0.6 is 0 Å². The van der Waals surface area contributed by atoms with Crippen molar-refractivity contribution in [2.75, 3.05) is 20.2 Å². The van der Waals surface area contributed by atoms with E-state index in [4.69, 9.17) is 4.74 Å². The lowest BCUT2D eigenvalue weighted by atomic mass is 10.3. The summed E-state index contributed by atoms with van der Waals surface area (Å²) in [6, 6.07) is 3.57. The molecule has 1 aromatic rings. The largest absolute Gasteiger partial charge is 0.495 e. The Morgan fingerprint density at radius 3 is 2.48 bits per heavy atom. The van der Waals surface area contributed by atoms with E-state index in [1.165, 1.54) is 23.5 Å². The fourth-order valence-electron chi connectivity index (χ4n) is 1.90. The van der Waals surface area contributed by atoms with Crippen LogP contribution in [-0.2, 0) is 10.0 Å². The van der Waals surface area contributed by atoms with Gasteiger partial charge in [-0.2, -0.15) is 4.31 Å². The Balaban J connectivity index is 3.33. The second-order valence-corrected chi connectivity index (χ2v) is 6.35. The third-order valence-corrected chi connectivity index (χ3v) is 5.09. The minimum atomic E-state index is -3.82. The molecule has 1 aromatic carbocycles. The fourth-order valence-corrected chi connectivity index (χ4v) is 3.57. The molecule has 0 saturated carbocycles. The third kappa shape index (κ3) is 3.92. The van der Waals surface area contributed by atoms with Crippen molar-refractivity contribution in [3.63, 3.8) is 0 Å². The van der Waals surface area contributed by atoms with Gasteiger partial charge in [0.2, 0.25) is 10.0 Å². The average molecular weight is 316 g/mol. The molecule has 0 amide bonds. The highest BCUT2D eigenvalue weighted by Gasteiger charge is 2.28. The predicted octanol–water partition coefficient (Wildman–Crippen LogP) is 2.41. The average Bonchev–Trinajstić information content (AvgIpc) is 2.47. The summed E-state index contributed by atoms with van der Waals surface area (Å²) >= 11 is 0. The van der Waals surface area contributed by atoms with E-state index in [-0.39, 0.29) is 16.3 Å². The molecule has 0 aliphatic carbocycles. The van der Waals surface area contributed by atoms with Gasteiger partial charge in [0, 0.05) is 25.2 Å². The lowest BCUT2D eigenvalue weighted by molar-refractivity contribution is -0.385. The van der Waals surface area contributed by atoms with Crippen molar-refractivity contribution in [3.8, 4) is 5.75 Å². The minimum absolute atomic E-state index is 0.107. The van der Waals surface area contributed by atoms with Crippen molar-refractivity contribution in [2.24, 2.45) is 0 Å². The van der Waals surface area contributed by atoms with Crippen LogP contribution < -0.4 is 4.74 Å². The van der Waals surface area contributed by atoms with Crippen LogP contribution in [0.4, 0.5) is 5.69 Å². The van der Waals surface area contributed by atoms with E-state index in [1.54, 1.807) is 6.92 Å². The Kier molecular flexibility index (Phi) is 6.10. The number of nitro benzene ring substituents is 1. The minimum Gasteiger partial charge on any atom is -0.495 e. The van der Waals surface area contributed by atoms with Crippen LogP contribution in [0.15, 0.2) is 23.1 Å². The summed E-state index contributed by atoms with van der Waals surface area (Å²) in [6.45, 7) is 4.38. The zero-order valence-electron chi connectivity index (χ0n) is 12.4. The smallest absolute Gasteiger partial charge is 0.271 e. The summed E-state index contributed by atoms with van der Waals surface area (Å²) in [5, 5.41) is 10.8. The summed E-state index contributed by atoms with van der Waals surface area (Å²) in [6.07, 6.45) is 1.59. The van der Waals surface area contributed by atoms with Gasteiger partial charge in [0.05, 0.1) is 12.0 Å². The third-order valence-electron chi connectivity index (χ3n) is 3.09. The molecule has 0 aliphatic heterocycles. The maximum absolute atomic E-state index is 12.6. The molecule has 0 unspecified atom stereocenters. The van der Waals surface area contributed by atoms with Crippen molar-refractivity contribution in [3.05, 3.63) is 28.3 Å². The molecule has 1 rings (SSSR count). The van der Waals surface area contributed by atoms with Crippen LogP contribution in [0.2, 0.25) is 0 Å². The van der Waals surface area contributed by atoms with E-state index >= 15 is 0 Å². The van der Waals surface area contributed by atoms with Crippen molar-refractivity contribution in [2.45, 2.75) is 31.6 Å². The molecule has 0 bridgehead atoms. The molecule has 0 atom stereocenters. The Bertz CT molecular complexity index is 601. The van der Waals surface area contributed by atoms with Crippen molar-refractivity contribution in [1.29, 1.82) is 0 Å². The summed E-state index contributed by atoms with van der Waals surface area (Å²) in [5.74, 6) is 0.107. The molecule has 8 heteroatoms. The number of ether oxygens (including phenoxy) is 1. The molecule has 21 heavy (non-hydrogen) atoms. The van der Waals surface area contributed by atoms with Gasteiger partial charge >= 0.3 is 0 Å². The van der Waals surface area contributed by atoms with Gasteiger partial charge in [-0.15, -0.1) is 0 Å². The molecule has 0 heterocycles. The Labute approximate surface area is 124 Å². The first-order valence-corrected chi connectivity index (χ1v) is 8.15. The standard InChI is InChI=1S/C13H20N2O5S/c1-4-6-9-14(5-2)21(18,19)13-10-11(15(16)17)7-8-12(13)20-3/h7-8,10H,4-6,9H2,1-3H3. The van der Waals surface area contributed by atoms with E-state index in [1.807, 2.05) is 6.92 Å². The van der Waals surface area contributed by atoms with Gasteiger partial charge in [-0.3, -0.25) is 10.1 Å². The first-order chi connectivity index (χ1) is 9.88. The van der Waals surface area contributed by atoms with Crippen LogP contribution in [0.5, 0.6) is 5.75 Å². The number of methoxy groups -OCH3 is 1. The van der Waals surface area contributed by atoms with Crippen LogP contribution in [0.1, 0.15) is 26.7 Å². The van der Waals surface area contributed by atoms with E-state index < -0.39 is 14.9 Å². The zero-order chi connectivity index (χ0) is 16.0. The normalized spacial score (nSPS) is 11.6. The summed E-state index contributed by atoms with van der Waals surface area (Å²) < 4.78 is 31.6. The molecule has 0 aromatic heterocycles. The molecule has 7 nitrogen and oxygen atoms in total. The number of nitro groups is 1. The van der Waals surface area contributed by atoms with Crippen molar-refractivity contribution >= 4 is 15.7 Å². The molecule has 0 saturated heterocycles. The van der Waals surface area contributed by atoms with E-state index in [0.29, 0.717) is 13.1 Å². The van der Waals surface area contributed by atoms with Crippen LogP contribution in [0, 0.1) is 10.1 Å². The van der Waals surface area contributed by atoms with Crippen LogP contribution in [0.25, 0.3) is 0 Å². The molecule has 0 fully saturated rings. The molecule has 0 aliphatic rings. The van der Waals surface area contributed by atoms with Gasteiger partial charge in [-0.1, -0.05) is 20.3 Å². The fraction of sp³-hybridized carbons (Fsp3) is 0.538. The van der Waals surface area contributed by atoms with Crippen molar-refractivity contribution in [1.82, 2.24) is 4.31 Å². The topological polar surface area (TPSA) is 89.8 Å². The lowest BCUT2D eigenvalue weighted by Gasteiger charge is -2.21. The SMILES string of the molecule is CCCCN(CC)S(=O)(=O)c1cc([N+](=O)[O-])ccc1OC. The monoisotopic (exact) mass is 316 g/mol. The first kappa shape index (κ1) is 17.4. The number of nitrogens with zero attached hydrogens (tertiary/aromatic N) is 2. The number of non-ortho nitro benzene ring substituents is 1. The molecular weight excluding hydrogens is 296 g/mol. The Morgan fingerprint density at radius 2 is 2.00 bits per heavy atom. The molecule has 0 N–H and O–H groups in total. The quantitative estimate of drug-likeness (QED) is 0.542. The number of hydrogen-bond acceptors (Lipinski definition) is 5. The highest BCUT2D eigenvalue weighted by Crippen LogP contribution is 2.30. The summed E-state index contributed by atoms with van der Waals surface area (Å²) in [7, 11) is -2.48. The highest BCUT2D eigenvalue weighted by atomic mass is 32.2. The second kappa shape index (κ2) is 7.37. The Hall–Kier alpha value is -1.67. The summed E-state index contributed by atoms with van der Waals surface area (Å²) in [4.78, 5) is 10.1. The van der Waals surface area contributed by atoms with Crippen LogP contribution in [0.3, 0.4) is 0 Å². The van der Waals surface area contributed by atoms with Gasteiger partial charge in [-0.05, 0) is 12.5 Å². The number of rotatable bonds is 8. The van der Waals surface area contributed by atoms with Gasteiger partial charge in [0.25, 0.3) is 5.69 Å². The van der Waals surface area contributed by atoms with Crippen LogP contribution in [-0.4, -0.2) is 37.8 Å².